The SMILES string of the molecule is O=C(CN1CCC2(CCC1=O)CC(=O)c1ccccc1O2)NCC1COCCO1. The Morgan fingerprint density at radius 3 is 2.90 bits per heavy atom. The fourth-order valence-corrected chi connectivity index (χ4v) is 4.08. The van der Waals surface area contributed by atoms with Gasteiger partial charge in [-0.1, -0.05) is 12.1 Å². The second-order valence-corrected chi connectivity index (χ2v) is 7.82. The highest BCUT2D eigenvalue weighted by Crippen LogP contribution is 2.39. The predicted molar refractivity (Wildman–Crippen MR) is 103 cm³/mol. The Hall–Kier alpha value is -2.45. The Labute approximate surface area is 169 Å². The molecule has 156 valence electrons. The number of Topliss-reactive ketones (excluding diaryl/α,β-unsaturated/α-hetero) is 1. The van der Waals surface area contributed by atoms with E-state index in [1.165, 1.54) is 0 Å². The number of likely N-dealkylation sites (tertiary alicyclic amines) is 1. The van der Waals surface area contributed by atoms with E-state index < -0.39 is 5.60 Å². The summed E-state index contributed by atoms with van der Waals surface area (Å²) < 4.78 is 17.0. The second-order valence-electron chi connectivity index (χ2n) is 7.82. The predicted octanol–water partition coefficient (Wildman–Crippen LogP) is 0.935. The lowest BCUT2D eigenvalue weighted by Crippen LogP contribution is -2.45. The van der Waals surface area contributed by atoms with Gasteiger partial charge in [0.1, 0.15) is 11.4 Å². The summed E-state index contributed by atoms with van der Waals surface area (Å²) in [6.07, 6.45) is 1.35. The van der Waals surface area contributed by atoms with Gasteiger partial charge in [-0.3, -0.25) is 14.4 Å². The number of amides is 2. The van der Waals surface area contributed by atoms with Gasteiger partial charge in [-0.15, -0.1) is 0 Å². The van der Waals surface area contributed by atoms with Crippen LogP contribution in [0, 0.1) is 0 Å². The molecule has 29 heavy (non-hydrogen) atoms. The first kappa shape index (κ1) is 19.8. The van der Waals surface area contributed by atoms with Crippen LogP contribution in [0.4, 0.5) is 0 Å². The van der Waals surface area contributed by atoms with E-state index in [2.05, 4.69) is 5.32 Å². The molecule has 4 rings (SSSR count). The molecule has 0 radical (unpaired) electrons. The van der Waals surface area contributed by atoms with Crippen molar-refractivity contribution in [3.05, 3.63) is 29.8 Å². The molecule has 2 amide bonds. The van der Waals surface area contributed by atoms with Gasteiger partial charge in [0.05, 0.1) is 44.5 Å². The van der Waals surface area contributed by atoms with E-state index in [4.69, 9.17) is 14.2 Å². The lowest BCUT2D eigenvalue weighted by Gasteiger charge is -2.37. The molecule has 3 heterocycles. The van der Waals surface area contributed by atoms with Gasteiger partial charge in [0.25, 0.3) is 0 Å². The van der Waals surface area contributed by atoms with Gasteiger partial charge >= 0.3 is 0 Å². The molecule has 3 aliphatic rings. The van der Waals surface area contributed by atoms with Gasteiger partial charge in [-0.2, -0.15) is 0 Å². The number of carbonyl (C=O) groups excluding carboxylic acids is 3. The number of hydrogen-bond donors (Lipinski definition) is 1. The number of carbonyl (C=O) groups is 3. The first-order valence-corrected chi connectivity index (χ1v) is 10.1. The van der Waals surface area contributed by atoms with Crippen LogP contribution in [0.3, 0.4) is 0 Å². The molecule has 1 N–H and O–H groups in total. The molecular weight excluding hydrogens is 376 g/mol. The zero-order chi connectivity index (χ0) is 20.3. The van der Waals surface area contributed by atoms with Crippen molar-refractivity contribution in [3.8, 4) is 5.75 Å². The molecule has 2 fully saturated rings. The Morgan fingerprint density at radius 2 is 2.07 bits per heavy atom. The van der Waals surface area contributed by atoms with Crippen LogP contribution in [0.15, 0.2) is 24.3 Å². The number of benzene rings is 1. The second kappa shape index (κ2) is 8.51. The maximum atomic E-state index is 12.6. The van der Waals surface area contributed by atoms with E-state index >= 15 is 0 Å². The molecule has 0 bridgehead atoms. The summed E-state index contributed by atoms with van der Waals surface area (Å²) in [5.74, 6) is 0.302. The molecule has 1 spiro atoms. The highest BCUT2D eigenvalue weighted by atomic mass is 16.6. The van der Waals surface area contributed by atoms with Gasteiger partial charge in [0.2, 0.25) is 11.8 Å². The first-order valence-electron chi connectivity index (χ1n) is 10.1. The lowest BCUT2D eigenvalue weighted by molar-refractivity contribution is -0.136. The maximum absolute atomic E-state index is 12.6. The van der Waals surface area contributed by atoms with Crippen molar-refractivity contribution in [2.24, 2.45) is 0 Å². The molecule has 2 saturated heterocycles. The topological polar surface area (TPSA) is 94.2 Å². The van der Waals surface area contributed by atoms with Crippen LogP contribution < -0.4 is 10.1 Å². The molecule has 1 aromatic rings. The molecule has 2 unspecified atom stereocenters. The number of ketones is 1. The highest BCUT2D eigenvalue weighted by molar-refractivity contribution is 6.00. The van der Waals surface area contributed by atoms with Gasteiger partial charge in [0.15, 0.2) is 5.78 Å². The van der Waals surface area contributed by atoms with Crippen LogP contribution in [0.5, 0.6) is 5.75 Å². The van der Waals surface area contributed by atoms with Crippen molar-refractivity contribution < 1.29 is 28.6 Å². The molecular formula is C21H26N2O6. The average Bonchev–Trinajstić information content (AvgIpc) is 2.87. The number of rotatable bonds is 4. The number of para-hydroxylation sites is 1. The molecule has 1 aromatic carbocycles. The lowest BCUT2D eigenvalue weighted by atomic mass is 9.84. The number of nitrogens with zero attached hydrogens (tertiary/aromatic N) is 1. The van der Waals surface area contributed by atoms with E-state index in [1.54, 1.807) is 17.0 Å². The first-order chi connectivity index (χ1) is 14.0. The normalized spacial score (nSPS) is 27.2. The minimum atomic E-state index is -0.681. The third-order valence-corrected chi connectivity index (χ3v) is 5.73. The summed E-state index contributed by atoms with van der Waals surface area (Å²) in [6.45, 7) is 2.29. The molecule has 0 saturated carbocycles. The van der Waals surface area contributed by atoms with E-state index in [1.807, 2.05) is 12.1 Å². The van der Waals surface area contributed by atoms with Crippen molar-refractivity contribution in [1.29, 1.82) is 0 Å². The van der Waals surface area contributed by atoms with Crippen LogP contribution in [0.1, 0.15) is 36.0 Å². The van der Waals surface area contributed by atoms with E-state index in [-0.39, 0.29) is 43.1 Å². The summed E-state index contributed by atoms with van der Waals surface area (Å²) in [5.41, 5.74) is -0.0848. The van der Waals surface area contributed by atoms with E-state index in [0.29, 0.717) is 57.1 Å². The van der Waals surface area contributed by atoms with Crippen molar-refractivity contribution in [2.75, 3.05) is 39.5 Å². The molecule has 8 nitrogen and oxygen atoms in total. The minimum absolute atomic E-state index is 0.00692. The van der Waals surface area contributed by atoms with Gasteiger partial charge in [0, 0.05) is 25.9 Å². The molecule has 0 aliphatic carbocycles. The summed E-state index contributed by atoms with van der Waals surface area (Å²) in [5, 5.41) is 2.81. The van der Waals surface area contributed by atoms with Crippen molar-refractivity contribution in [2.45, 2.75) is 37.4 Å². The third-order valence-electron chi connectivity index (χ3n) is 5.73. The summed E-state index contributed by atoms with van der Waals surface area (Å²) in [7, 11) is 0. The zero-order valence-corrected chi connectivity index (χ0v) is 16.4. The number of nitrogens with one attached hydrogen (secondary N) is 1. The van der Waals surface area contributed by atoms with Gasteiger partial charge in [-0.25, -0.2) is 0 Å². The molecule has 3 aliphatic heterocycles. The van der Waals surface area contributed by atoms with Crippen molar-refractivity contribution in [1.82, 2.24) is 10.2 Å². The highest BCUT2D eigenvalue weighted by Gasteiger charge is 2.43. The smallest absolute Gasteiger partial charge is 0.239 e. The fourth-order valence-electron chi connectivity index (χ4n) is 4.08. The zero-order valence-electron chi connectivity index (χ0n) is 16.4. The monoisotopic (exact) mass is 402 g/mol. The van der Waals surface area contributed by atoms with Crippen LogP contribution in [-0.4, -0.2) is 73.7 Å². The molecule has 2 atom stereocenters. The third kappa shape index (κ3) is 4.59. The van der Waals surface area contributed by atoms with Crippen molar-refractivity contribution >= 4 is 17.6 Å². The Bertz CT molecular complexity index is 791. The van der Waals surface area contributed by atoms with Crippen LogP contribution in [-0.2, 0) is 19.1 Å². The van der Waals surface area contributed by atoms with Gasteiger partial charge in [-0.05, 0) is 18.6 Å². The van der Waals surface area contributed by atoms with Gasteiger partial charge < -0.3 is 24.4 Å². The van der Waals surface area contributed by atoms with Crippen LogP contribution >= 0.6 is 0 Å². The number of ether oxygens (including phenoxy) is 3. The Morgan fingerprint density at radius 1 is 1.21 bits per heavy atom. The fraction of sp³-hybridized carbons (Fsp3) is 0.571. The van der Waals surface area contributed by atoms with E-state index in [0.717, 1.165) is 0 Å². The van der Waals surface area contributed by atoms with Crippen LogP contribution in [0.25, 0.3) is 0 Å². The number of hydrogen-bond acceptors (Lipinski definition) is 6. The van der Waals surface area contributed by atoms with Crippen LogP contribution in [0.2, 0.25) is 0 Å². The van der Waals surface area contributed by atoms with Crippen molar-refractivity contribution in [3.63, 3.8) is 0 Å². The summed E-state index contributed by atoms with van der Waals surface area (Å²) in [6, 6.07) is 7.22. The minimum Gasteiger partial charge on any atom is -0.486 e. The molecule has 8 heteroatoms. The van der Waals surface area contributed by atoms with E-state index in [9.17, 15) is 14.4 Å². The number of fused-ring (bicyclic) bond motifs is 1. The molecule has 0 aromatic heterocycles. The maximum Gasteiger partial charge on any atom is 0.239 e. The Balaban J connectivity index is 1.34. The summed E-state index contributed by atoms with van der Waals surface area (Å²) in [4.78, 5) is 39.0. The standard InChI is InChI=1S/C21H26N2O6/c24-17-11-21(29-18-4-2-1-3-16(17)18)6-5-20(26)23(8-7-21)13-19(25)22-12-15-14-27-9-10-28-15/h1-4,15H,5-14H2,(H,22,25). The summed E-state index contributed by atoms with van der Waals surface area (Å²) >= 11 is 0. The largest absolute Gasteiger partial charge is 0.486 e. The average molecular weight is 402 g/mol. The Kier molecular flexibility index (Phi) is 5.82. The quantitative estimate of drug-likeness (QED) is 0.806.